The van der Waals surface area contributed by atoms with E-state index in [0.29, 0.717) is 12.2 Å². The Bertz CT molecular complexity index is 432. The number of carbonyl (C=O) groups excluding carboxylic acids is 1. The lowest BCUT2D eigenvalue weighted by molar-refractivity contribution is -0.467. The Labute approximate surface area is 100 Å². The van der Waals surface area contributed by atoms with E-state index in [2.05, 4.69) is 0 Å². The van der Waals surface area contributed by atoms with Crippen LogP contribution >= 0.6 is 0 Å². The van der Waals surface area contributed by atoms with Crippen molar-refractivity contribution in [3.05, 3.63) is 40.6 Å². The molecule has 2 rings (SSSR count). The van der Waals surface area contributed by atoms with E-state index in [0.717, 1.165) is 23.1 Å². The molecular formula is C13H15NO3. The molecule has 0 atom stereocenters. The minimum atomic E-state index is -0.333. The van der Waals surface area contributed by atoms with Crippen LogP contribution in [0.2, 0.25) is 0 Å². The van der Waals surface area contributed by atoms with Gasteiger partial charge in [-0.25, -0.2) is 9.53 Å². The van der Waals surface area contributed by atoms with E-state index < -0.39 is 0 Å². The molecule has 0 spiro atoms. The van der Waals surface area contributed by atoms with Gasteiger partial charge in [0.1, 0.15) is 0 Å². The summed E-state index contributed by atoms with van der Waals surface area (Å²) in [6.07, 6.45) is 3.51. The lowest BCUT2D eigenvalue weighted by atomic mass is 10.1. The average Bonchev–Trinajstić information content (AvgIpc) is 3.14. The number of rotatable bonds is 4. The van der Waals surface area contributed by atoms with Gasteiger partial charge in [0.25, 0.3) is 0 Å². The molecule has 0 saturated heterocycles. The first-order valence-electron chi connectivity index (χ1n) is 5.78. The number of hydroxylamine groups is 1. The fourth-order valence-corrected chi connectivity index (χ4v) is 1.50. The van der Waals surface area contributed by atoms with E-state index in [4.69, 9.17) is 4.74 Å². The Kier molecular flexibility index (Phi) is 3.42. The van der Waals surface area contributed by atoms with E-state index in [9.17, 15) is 10.0 Å². The normalized spacial score (nSPS) is 15.7. The highest BCUT2D eigenvalue weighted by Crippen LogP contribution is 2.22. The van der Waals surface area contributed by atoms with Crippen LogP contribution in [0.1, 0.15) is 35.7 Å². The molecular weight excluding hydrogens is 218 g/mol. The number of hydrogen-bond acceptors (Lipinski definition) is 3. The highest BCUT2D eigenvalue weighted by atomic mass is 16.5. The van der Waals surface area contributed by atoms with Gasteiger partial charge in [-0.2, -0.15) is 0 Å². The second-order valence-corrected chi connectivity index (χ2v) is 4.06. The summed E-state index contributed by atoms with van der Waals surface area (Å²) in [6.45, 7) is 2.13. The molecule has 1 aromatic rings. The Hall–Kier alpha value is -1.84. The van der Waals surface area contributed by atoms with E-state index in [1.807, 2.05) is 0 Å². The van der Waals surface area contributed by atoms with Crippen molar-refractivity contribution in [1.82, 2.24) is 0 Å². The van der Waals surface area contributed by atoms with Crippen molar-refractivity contribution < 1.29 is 14.3 Å². The van der Waals surface area contributed by atoms with Gasteiger partial charge in [-0.15, -0.1) is 0 Å². The molecule has 1 fully saturated rings. The summed E-state index contributed by atoms with van der Waals surface area (Å²) in [5.74, 6) is -0.333. The quantitative estimate of drug-likeness (QED) is 0.262. The molecule has 0 aromatic heterocycles. The minimum Gasteiger partial charge on any atom is -0.624 e. The number of hydrogen-bond donors (Lipinski definition) is 0. The fourth-order valence-electron chi connectivity index (χ4n) is 1.50. The maximum atomic E-state index is 11.5. The Morgan fingerprint density at radius 1 is 1.47 bits per heavy atom. The maximum Gasteiger partial charge on any atom is 0.338 e. The van der Waals surface area contributed by atoms with Gasteiger partial charge in [0.05, 0.1) is 12.2 Å². The van der Waals surface area contributed by atoms with Crippen LogP contribution in [0.5, 0.6) is 0 Å². The first-order valence-corrected chi connectivity index (χ1v) is 5.78. The standard InChI is InChI=1S/C13H15NO3/c1-2-17-13(15)11-5-3-10(4-6-11)9-14(16)12-7-8-12/h3-6,9,12H,2,7-8H2,1H3/b14-9-. The second kappa shape index (κ2) is 4.99. The van der Waals surface area contributed by atoms with Crippen molar-refractivity contribution in [2.75, 3.05) is 6.61 Å². The van der Waals surface area contributed by atoms with Crippen LogP contribution in [-0.4, -0.2) is 29.6 Å². The lowest BCUT2D eigenvalue weighted by Gasteiger charge is -2.03. The van der Waals surface area contributed by atoms with Crippen LogP contribution in [0.25, 0.3) is 0 Å². The molecule has 0 aliphatic heterocycles. The van der Waals surface area contributed by atoms with Crippen LogP contribution in [0.4, 0.5) is 0 Å². The van der Waals surface area contributed by atoms with Crippen molar-refractivity contribution in [2.24, 2.45) is 0 Å². The maximum absolute atomic E-state index is 11.5. The van der Waals surface area contributed by atoms with Gasteiger partial charge >= 0.3 is 5.97 Å². The molecule has 1 aromatic carbocycles. The highest BCUT2D eigenvalue weighted by Gasteiger charge is 2.29. The molecule has 4 nitrogen and oxygen atoms in total. The van der Waals surface area contributed by atoms with Crippen molar-refractivity contribution >= 4 is 12.2 Å². The van der Waals surface area contributed by atoms with Crippen LogP contribution in [0.3, 0.4) is 0 Å². The summed E-state index contributed by atoms with van der Waals surface area (Å²) in [4.78, 5) is 11.4. The molecule has 0 unspecified atom stereocenters. The fraction of sp³-hybridized carbons (Fsp3) is 0.385. The van der Waals surface area contributed by atoms with Gasteiger partial charge < -0.3 is 9.94 Å². The largest absolute Gasteiger partial charge is 0.624 e. The highest BCUT2D eigenvalue weighted by molar-refractivity contribution is 5.90. The molecule has 0 amide bonds. The number of esters is 1. The number of carbonyl (C=O) groups is 1. The molecule has 1 aliphatic rings. The summed E-state index contributed by atoms with van der Waals surface area (Å²) < 4.78 is 5.86. The SMILES string of the molecule is CCOC(=O)c1ccc(/C=[N+](\[O-])C2CC2)cc1. The van der Waals surface area contributed by atoms with Crippen molar-refractivity contribution in [2.45, 2.75) is 25.8 Å². The summed E-state index contributed by atoms with van der Waals surface area (Å²) in [5.41, 5.74) is 1.31. The van der Waals surface area contributed by atoms with Gasteiger partial charge in [0.2, 0.25) is 0 Å². The van der Waals surface area contributed by atoms with Crippen molar-refractivity contribution in [3.63, 3.8) is 0 Å². The Morgan fingerprint density at radius 3 is 2.65 bits per heavy atom. The number of benzene rings is 1. The first-order chi connectivity index (χ1) is 8.20. The summed E-state index contributed by atoms with van der Waals surface area (Å²) in [5, 5.41) is 11.5. The second-order valence-electron chi connectivity index (χ2n) is 4.06. The minimum absolute atomic E-state index is 0.153. The summed E-state index contributed by atoms with van der Waals surface area (Å²) >= 11 is 0. The van der Waals surface area contributed by atoms with Crippen LogP contribution in [0, 0.1) is 5.21 Å². The first kappa shape index (κ1) is 11.6. The number of nitrogens with zero attached hydrogens (tertiary/aromatic N) is 1. The molecule has 0 heterocycles. The van der Waals surface area contributed by atoms with E-state index in [1.54, 1.807) is 37.4 Å². The summed E-state index contributed by atoms with van der Waals surface area (Å²) in [7, 11) is 0. The van der Waals surface area contributed by atoms with Gasteiger partial charge in [0, 0.05) is 18.4 Å². The van der Waals surface area contributed by atoms with Gasteiger partial charge in [-0.3, -0.25) is 0 Å². The Morgan fingerprint density at radius 2 is 2.12 bits per heavy atom. The van der Waals surface area contributed by atoms with Crippen molar-refractivity contribution in [3.8, 4) is 0 Å². The van der Waals surface area contributed by atoms with E-state index in [1.165, 1.54) is 0 Å². The molecule has 4 heteroatoms. The predicted molar refractivity (Wildman–Crippen MR) is 64.2 cm³/mol. The average molecular weight is 233 g/mol. The molecule has 0 N–H and O–H groups in total. The molecule has 90 valence electrons. The van der Waals surface area contributed by atoms with Crippen LogP contribution in [0.15, 0.2) is 24.3 Å². The van der Waals surface area contributed by atoms with Gasteiger partial charge in [0.15, 0.2) is 12.3 Å². The van der Waals surface area contributed by atoms with Gasteiger partial charge in [-0.05, 0) is 31.2 Å². The topological polar surface area (TPSA) is 52.4 Å². The molecule has 17 heavy (non-hydrogen) atoms. The smallest absolute Gasteiger partial charge is 0.338 e. The van der Waals surface area contributed by atoms with Gasteiger partial charge in [-0.1, -0.05) is 0 Å². The zero-order chi connectivity index (χ0) is 12.3. The van der Waals surface area contributed by atoms with E-state index >= 15 is 0 Å². The molecule has 1 aliphatic carbocycles. The van der Waals surface area contributed by atoms with E-state index in [-0.39, 0.29) is 12.0 Å². The van der Waals surface area contributed by atoms with Crippen molar-refractivity contribution in [1.29, 1.82) is 0 Å². The monoisotopic (exact) mass is 233 g/mol. The third-order valence-corrected chi connectivity index (χ3v) is 2.60. The Balaban J connectivity index is 2.07. The third kappa shape index (κ3) is 3.06. The molecule has 0 radical (unpaired) electrons. The molecule has 1 saturated carbocycles. The lowest BCUT2D eigenvalue weighted by Crippen LogP contribution is -2.08. The van der Waals surface area contributed by atoms with Crippen LogP contribution < -0.4 is 0 Å². The number of ether oxygens (including phenoxy) is 1. The van der Waals surface area contributed by atoms with Crippen LogP contribution in [-0.2, 0) is 4.74 Å². The zero-order valence-electron chi connectivity index (χ0n) is 9.76. The zero-order valence-corrected chi connectivity index (χ0v) is 9.76. The summed E-state index contributed by atoms with van der Waals surface area (Å²) in [6, 6.07) is 6.99. The predicted octanol–water partition coefficient (Wildman–Crippen LogP) is 1.95. The third-order valence-electron chi connectivity index (χ3n) is 2.60. The molecule has 0 bridgehead atoms.